The number of aliphatic carboxylic acids is 1. The first-order valence-corrected chi connectivity index (χ1v) is 6.11. The SMILES string of the molecule is CC(C)(C)N(CCC(=O)O)Cc1c(F)cccc1F. The van der Waals surface area contributed by atoms with Gasteiger partial charge in [0, 0.05) is 24.2 Å². The molecule has 3 nitrogen and oxygen atoms in total. The lowest BCUT2D eigenvalue weighted by molar-refractivity contribution is -0.137. The van der Waals surface area contributed by atoms with Gasteiger partial charge < -0.3 is 5.11 Å². The van der Waals surface area contributed by atoms with Crippen LogP contribution in [0.4, 0.5) is 8.78 Å². The van der Waals surface area contributed by atoms with Gasteiger partial charge in [-0.3, -0.25) is 9.69 Å². The summed E-state index contributed by atoms with van der Waals surface area (Å²) in [6.07, 6.45) is -0.0622. The van der Waals surface area contributed by atoms with Gasteiger partial charge in [-0.25, -0.2) is 8.78 Å². The molecule has 0 saturated heterocycles. The van der Waals surface area contributed by atoms with Crippen LogP contribution in [0.25, 0.3) is 0 Å². The van der Waals surface area contributed by atoms with Crippen molar-refractivity contribution in [3.63, 3.8) is 0 Å². The maximum atomic E-state index is 13.6. The summed E-state index contributed by atoms with van der Waals surface area (Å²) in [7, 11) is 0. The van der Waals surface area contributed by atoms with Crippen LogP contribution in [0.15, 0.2) is 18.2 Å². The van der Waals surface area contributed by atoms with Crippen LogP contribution in [0, 0.1) is 11.6 Å². The average molecular weight is 271 g/mol. The average Bonchev–Trinajstić information content (AvgIpc) is 2.25. The zero-order chi connectivity index (χ0) is 14.6. The Morgan fingerprint density at radius 1 is 1.26 bits per heavy atom. The molecule has 0 heterocycles. The van der Waals surface area contributed by atoms with Crippen LogP contribution in [0.5, 0.6) is 0 Å². The van der Waals surface area contributed by atoms with Crippen molar-refractivity contribution < 1.29 is 18.7 Å². The maximum Gasteiger partial charge on any atom is 0.304 e. The van der Waals surface area contributed by atoms with E-state index in [1.807, 2.05) is 20.8 Å². The van der Waals surface area contributed by atoms with Crippen molar-refractivity contribution in [1.29, 1.82) is 0 Å². The molecule has 19 heavy (non-hydrogen) atoms. The molecule has 0 amide bonds. The molecule has 1 rings (SSSR count). The molecule has 0 bridgehead atoms. The Hall–Kier alpha value is -1.49. The molecule has 1 aromatic rings. The first-order valence-electron chi connectivity index (χ1n) is 6.11. The van der Waals surface area contributed by atoms with Gasteiger partial charge in [-0.2, -0.15) is 0 Å². The van der Waals surface area contributed by atoms with E-state index >= 15 is 0 Å². The first kappa shape index (κ1) is 15.6. The van der Waals surface area contributed by atoms with Gasteiger partial charge in [0.1, 0.15) is 11.6 Å². The molecule has 0 aliphatic carbocycles. The minimum absolute atomic E-state index is 0.0252. The van der Waals surface area contributed by atoms with E-state index in [0.29, 0.717) is 0 Å². The summed E-state index contributed by atoms with van der Waals surface area (Å²) in [6.45, 7) is 5.94. The number of halogens is 2. The van der Waals surface area contributed by atoms with Crippen LogP contribution >= 0.6 is 0 Å². The first-order chi connectivity index (χ1) is 8.71. The number of hydrogen-bond donors (Lipinski definition) is 1. The van der Waals surface area contributed by atoms with Crippen molar-refractivity contribution in [3.8, 4) is 0 Å². The van der Waals surface area contributed by atoms with Gasteiger partial charge in [0.05, 0.1) is 6.42 Å². The highest BCUT2D eigenvalue weighted by atomic mass is 19.1. The molecule has 1 aromatic carbocycles. The summed E-state index contributed by atoms with van der Waals surface area (Å²) in [6, 6.07) is 3.72. The number of hydrogen-bond acceptors (Lipinski definition) is 2. The van der Waals surface area contributed by atoms with Gasteiger partial charge in [-0.15, -0.1) is 0 Å². The van der Waals surface area contributed by atoms with Gasteiger partial charge in [0.25, 0.3) is 0 Å². The maximum absolute atomic E-state index is 13.6. The molecular formula is C14H19F2NO2. The Bertz CT molecular complexity index is 435. The minimum atomic E-state index is -0.928. The number of rotatable bonds is 5. The summed E-state index contributed by atoms with van der Waals surface area (Å²) in [5.41, 5.74) is -0.396. The van der Waals surface area contributed by atoms with E-state index in [-0.39, 0.29) is 30.6 Å². The molecule has 5 heteroatoms. The van der Waals surface area contributed by atoms with Crippen LogP contribution in [0.1, 0.15) is 32.8 Å². The summed E-state index contributed by atoms with van der Waals surface area (Å²) < 4.78 is 27.2. The van der Waals surface area contributed by atoms with Crippen LogP contribution in [0.3, 0.4) is 0 Å². The van der Waals surface area contributed by atoms with Gasteiger partial charge in [-0.1, -0.05) is 6.07 Å². The fraction of sp³-hybridized carbons (Fsp3) is 0.500. The van der Waals surface area contributed by atoms with Crippen molar-refractivity contribution in [2.24, 2.45) is 0 Å². The fourth-order valence-corrected chi connectivity index (χ4v) is 1.76. The van der Waals surface area contributed by atoms with Crippen LogP contribution < -0.4 is 0 Å². The molecule has 0 radical (unpaired) electrons. The van der Waals surface area contributed by atoms with Crippen molar-refractivity contribution in [1.82, 2.24) is 4.90 Å². The quantitative estimate of drug-likeness (QED) is 0.894. The zero-order valence-electron chi connectivity index (χ0n) is 11.4. The number of carbonyl (C=O) groups is 1. The Balaban J connectivity index is 2.91. The van der Waals surface area contributed by atoms with E-state index < -0.39 is 17.6 Å². The number of carboxylic acids is 1. The smallest absolute Gasteiger partial charge is 0.304 e. The predicted molar refractivity (Wildman–Crippen MR) is 68.8 cm³/mol. The molecule has 0 aromatic heterocycles. The third-order valence-corrected chi connectivity index (χ3v) is 2.95. The fourth-order valence-electron chi connectivity index (χ4n) is 1.76. The number of carboxylic acid groups (broad SMARTS) is 1. The lowest BCUT2D eigenvalue weighted by Gasteiger charge is -2.35. The topological polar surface area (TPSA) is 40.5 Å². The Kier molecular flexibility index (Phi) is 5.00. The largest absolute Gasteiger partial charge is 0.481 e. The molecule has 106 valence electrons. The second-order valence-corrected chi connectivity index (χ2v) is 5.44. The van der Waals surface area contributed by atoms with Crippen LogP contribution in [0.2, 0.25) is 0 Å². The van der Waals surface area contributed by atoms with Crippen molar-refractivity contribution in [3.05, 3.63) is 35.4 Å². The van der Waals surface area contributed by atoms with Crippen molar-refractivity contribution in [2.45, 2.75) is 39.3 Å². The Morgan fingerprint density at radius 2 is 1.79 bits per heavy atom. The number of nitrogens with zero attached hydrogens (tertiary/aromatic N) is 1. The molecule has 0 fully saturated rings. The van der Waals surface area contributed by atoms with Gasteiger partial charge >= 0.3 is 5.97 Å². The van der Waals surface area contributed by atoms with E-state index in [0.717, 1.165) is 0 Å². The molecule has 1 N–H and O–H groups in total. The van der Waals surface area contributed by atoms with Crippen molar-refractivity contribution >= 4 is 5.97 Å². The standard InChI is InChI=1S/C14H19F2NO2/c1-14(2,3)17(8-7-13(18)19)9-10-11(15)5-4-6-12(10)16/h4-6H,7-9H2,1-3H3,(H,18,19). The lowest BCUT2D eigenvalue weighted by atomic mass is 10.0. The van der Waals surface area contributed by atoms with E-state index in [1.54, 1.807) is 4.90 Å². The van der Waals surface area contributed by atoms with E-state index in [9.17, 15) is 13.6 Å². The third-order valence-electron chi connectivity index (χ3n) is 2.95. The summed E-state index contributed by atoms with van der Waals surface area (Å²) in [5, 5.41) is 8.73. The highest BCUT2D eigenvalue weighted by molar-refractivity contribution is 5.66. The number of benzene rings is 1. The highest BCUT2D eigenvalue weighted by Crippen LogP contribution is 2.21. The summed E-state index contributed by atoms with van der Waals surface area (Å²) >= 11 is 0. The van der Waals surface area contributed by atoms with E-state index in [2.05, 4.69) is 0 Å². The van der Waals surface area contributed by atoms with Gasteiger partial charge in [0.2, 0.25) is 0 Å². The molecule has 0 spiro atoms. The molecule has 0 aliphatic rings. The molecule has 0 saturated carbocycles. The monoisotopic (exact) mass is 271 g/mol. The van der Waals surface area contributed by atoms with Gasteiger partial charge in [-0.05, 0) is 32.9 Å². The van der Waals surface area contributed by atoms with Crippen LogP contribution in [-0.2, 0) is 11.3 Å². The molecule has 0 atom stereocenters. The molecule has 0 unspecified atom stereocenters. The van der Waals surface area contributed by atoms with Crippen LogP contribution in [-0.4, -0.2) is 28.1 Å². The Labute approximate surface area is 111 Å². The summed E-state index contributed by atoms with van der Waals surface area (Å²) in [4.78, 5) is 12.4. The highest BCUT2D eigenvalue weighted by Gasteiger charge is 2.24. The van der Waals surface area contributed by atoms with E-state index in [1.165, 1.54) is 18.2 Å². The minimum Gasteiger partial charge on any atom is -0.481 e. The van der Waals surface area contributed by atoms with Gasteiger partial charge in [0.15, 0.2) is 0 Å². The second kappa shape index (κ2) is 6.10. The summed E-state index contributed by atoms with van der Waals surface area (Å²) in [5.74, 6) is -2.14. The van der Waals surface area contributed by atoms with Crippen molar-refractivity contribution in [2.75, 3.05) is 6.54 Å². The molecule has 0 aliphatic heterocycles. The van der Waals surface area contributed by atoms with E-state index in [4.69, 9.17) is 5.11 Å². The normalized spacial score (nSPS) is 11.9. The zero-order valence-corrected chi connectivity index (χ0v) is 11.4. The molecular weight excluding hydrogens is 252 g/mol. The predicted octanol–water partition coefficient (Wildman–Crippen LogP) is 3.04. The lowest BCUT2D eigenvalue weighted by Crippen LogP contribution is -2.42. The third kappa shape index (κ3) is 4.59. The second-order valence-electron chi connectivity index (χ2n) is 5.44. The Morgan fingerprint density at radius 3 is 2.21 bits per heavy atom.